The fraction of sp³-hybridized carbons (Fsp3) is 0.333. The van der Waals surface area contributed by atoms with E-state index in [0.29, 0.717) is 5.56 Å². The van der Waals surface area contributed by atoms with E-state index in [1.54, 1.807) is 13.0 Å². The van der Waals surface area contributed by atoms with Gasteiger partial charge in [0.05, 0.1) is 18.2 Å². The number of aliphatic hydroxyl groups is 2. The summed E-state index contributed by atoms with van der Waals surface area (Å²) in [6, 6.07) is 7.53. The summed E-state index contributed by atoms with van der Waals surface area (Å²) in [5.41, 5.74) is 0.568. The Morgan fingerprint density at radius 2 is 2.24 bits per heavy atom. The molecule has 0 fully saturated rings. The summed E-state index contributed by atoms with van der Waals surface area (Å²) in [5.74, 6) is -0.506. The van der Waals surface area contributed by atoms with Gasteiger partial charge in [-0.3, -0.25) is 0 Å². The van der Waals surface area contributed by atoms with Gasteiger partial charge < -0.3 is 14.9 Å². The standard InChI is InChI=1S/C12H13NO4/c1-2-17-12(16)9-5-3-4-8(6-9)11(15)10(14)7-13/h3-6,10-11,14-15H,2H2,1H3. The zero-order valence-corrected chi connectivity index (χ0v) is 9.33. The summed E-state index contributed by atoms with van der Waals surface area (Å²) in [6.07, 6.45) is -2.86. The Hall–Kier alpha value is -1.90. The van der Waals surface area contributed by atoms with E-state index in [-0.39, 0.29) is 12.2 Å². The predicted molar refractivity (Wildman–Crippen MR) is 59.0 cm³/mol. The van der Waals surface area contributed by atoms with Crippen molar-refractivity contribution in [3.63, 3.8) is 0 Å². The Labute approximate surface area is 98.9 Å². The molecular weight excluding hydrogens is 222 g/mol. The van der Waals surface area contributed by atoms with Crippen molar-refractivity contribution in [1.82, 2.24) is 0 Å². The molecule has 0 aliphatic rings. The second-order valence-corrected chi connectivity index (χ2v) is 3.36. The number of carbonyl (C=O) groups is 1. The van der Waals surface area contributed by atoms with Crippen LogP contribution in [0.5, 0.6) is 0 Å². The van der Waals surface area contributed by atoms with Gasteiger partial charge >= 0.3 is 5.97 Å². The molecule has 1 rings (SSSR count). The maximum atomic E-state index is 11.4. The first-order valence-corrected chi connectivity index (χ1v) is 5.13. The minimum absolute atomic E-state index is 0.256. The molecule has 0 aliphatic carbocycles. The van der Waals surface area contributed by atoms with Crippen LogP contribution >= 0.6 is 0 Å². The van der Waals surface area contributed by atoms with Crippen molar-refractivity contribution in [3.05, 3.63) is 35.4 Å². The molecule has 2 atom stereocenters. The van der Waals surface area contributed by atoms with Crippen LogP contribution in [-0.2, 0) is 4.74 Å². The third kappa shape index (κ3) is 3.28. The van der Waals surface area contributed by atoms with Gasteiger partial charge in [0.15, 0.2) is 6.10 Å². The molecule has 5 nitrogen and oxygen atoms in total. The highest BCUT2D eigenvalue weighted by Gasteiger charge is 2.18. The van der Waals surface area contributed by atoms with Gasteiger partial charge in [0.2, 0.25) is 0 Å². The zero-order chi connectivity index (χ0) is 12.8. The van der Waals surface area contributed by atoms with Crippen molar-refractivity contribution in [2.24, 2.45) is 0 Å². The van der Waals surface area contributed by atoms with E-state index in [2.05, 4.69) is 0 Å². The molecule has 0 aromatic heterocycles. The van der Waals surface area contributed by atoms with Crippen molar-refractivity contribution in [1.29, 1.82) is 5.26 Å². The molecular formula is C12H13NO4. The number of esters is 1. The van der Waals surface area contributed by atoms with Crippen molar-refractivity contribution in [2.75, 3.05) is 6.61 Å². The van der Waals surface area contributed by atoms with Crippen LogP contribution in [0.1, 0.15) is 28.9 Å². The highest BCUT2D eigenvalue weighted by Crippen LogP contribution is 2.18. The monoisotopic (exact) mass is 235 g/mol. The molecule has 2 N–H and O–H groups in total. The van der Waals surface area contributed by atoms with Crippen LogP contribution in [0.25, 0.3) is 0 Å². The van der Waals surface area contributed by atoms with Crippen molar-refractivity contribution >= 4 is 5.97 Å². The average molecular weight is 235 g/mol. The van der Waals surface area contributed by atoms with Gasteiger partial charge in [-0.15, -0.1) is 0 Å². The second kappa shape index (κ2) is 5.99. The quantitative estimate of drug-likeness (QED) is 0.594. The van der Waals surface area contributed by atoms with Crippen LogP contribution in [0.4, 0.5) is 0 Å². The van der Waals surface area contributed by atoms with E-state index in [0.717, 1.165) is 0 Å². The van der Waals surface area contributed by atoms with Gasteiger partial charge in [-0.05, 0) is 24.6 Å². The second-order valence-electron chi connectivity index (χ2n) is 3.36. The fourth-order valence-electron chi connectivity index (χ4n) is 1.32. The summed E-state index contributed by atoms with van der Waals surface area (Å²) in [6.45, 7) is 1.95. The SMILES string of the molecule is CCOC(=O)c1cccc(C(O)C(O)C#N)c1. The first-order valence-electron chi connectivity index (χ1n) is 5.13. The van der Waals surface area contributed by atoms with Crippen LogP contribution in [0.15, 0.2) is 24.3 Å². The average Bonchev–Trinajstić information content (AvgIpc) is 2.37. The van der Waals surface area contributed by atoms with Crippen LogP contribution in [0.3, 0.4) is 0 Å². The minimum atomic E-state index is -1.52. The highest BCUT2D eigenvalue weighted by atomic mass is 16.5. The maximum Gasteiger partial charge on any atom is 0.338 e. The first-order chi connectivity index (χ1) is 8.10. The molecule has 0 bridgehead atoms. The number of hydrogen-bond donors (Lipinski definition) is 2. The fourth-order valence-corrected chi connectivity index (χ4v) is 1.32. The van der Waals surface area contributed by atoms with Crippen LogP contribution < -0.4 is 0 Å². The van der Waals surface area contributed by atoms with Crippen LogP contribution in [-0.4, -0.2) is 28.9 Å². The van der Waals surface area contributed by atoms with Crippen LogP contribution in [0, 0.1) is 11.3 Å². The largest absolute Gasteiger partial charge is 0.462 e. The molecule has 0 amide bonds. The molecule has 5 heteroatoms. The summed E-state index contributed by atoms with van der Waals surface area (Å²) >= 11 is 0. The van der Waals surface area contributed by atoms with E-state index in [9.17, 15) is 15.0 Å². The number of benzene rings is 1. The molecule has 0 saturated heterocycles. The predicted octanol–water partition coefficient (Wildman–Crippen LogP) is 0.781. The molecule has 17 heavy (non-hydrogen) atoms. The Morgan fingerprint density at radius 1 is 1.53 bits per heavy atom. The number of hydrogen-bond acceptors (Lipinski definition) is 5. The smallest absolute Gasteiger partial charge is 0.338 e. The highest BCUT2D eigenvalue weighted by molar-refractivity contribution is 5.89. The third-order valence-corrected chi connectivity index (χ3v) is 2.17. The molecule has 0 spiro atoms. The summed E-state index contributed by atoms with van der Waals surface area (Å²) in [4.78, 5) is 11.4. The lowest BCUT2D eigenvalue weighted by atomic mass is 10.0. The lowest BCUT2D eigenvalue weighted by molar-refractivity contribution is 0.0505. The van der Waals surface area contributed by atoms with Gasteiger partial charge in [-0.1, -0.05) is 12.1 Å². The minimum Gasteiger partial charge on any atom is -0.462 e. The van der Waals surface area contributed by atoms with Gasteiger partial charge in [-0.25, -0.2) is 4.79 Å². The lowest BCUT2D eigenvalue weighted by Crippen LogP contribution is -2.16. The Balaban J connectivity index is 2.94. The molecule has 0 heterocycles. The number of aliphatic hydroxyl groups excluding tert-OH is 2. The van der Waals surface area contributed by atoms with Gasteiger partial charge in [0.1, 0.15) is 6.10 Å². The molecule has 0 aliphatic heterocycles. The van der Waals surface area contributed by atoms with Crippen molar-refractivity contribution < 1.29 is 19.7 Å². The summed E-state index contributed by atoms with van der Waals surface area (Å²) in [7, 11) is 0. The molecule has 90 valence electrons. The zero-order valence-electron chi connectivity index (χ0n) is 9.33. The van der Waals surface area contributed by atoms with Crippen molar-refractivity contribution in [2.45, 2.75) is 19.1 Å². The Bertz CT molecular complexity index is 438. The maximum absolute atomic E-state index is 11.4. The van der Waals surface area contributed by atoms with Gasteiger partial charge in [-0.2, -0.15) is 5.26 Å². The summed E-state index contributed by atoms with van der Waals surface area (Å²) < 4.78 is 4.80. The number of ether oxygens (including phenoxy) is 1. The number of rotatable bonds is 4. The van der Waals surface area contributed by atoms with E-state index >= 15 is 0 Å². The molecule has 2 unspecified atom stereocenters. The Kier molecular flexibility index (Phi) is 4.64. The molecule has 0 radical (unpaired) electrons. The lowest BCUT2D eigenvalue weighted by Gasteiger charge is -2.12. The Morgan fingerprint density at radius 3 is 2.82 bits per heavy atom. The molecule has 1 aromatic rings. The summed E-state index contributed by atoms with van der Waals surface area (Å²) in [5, 5.41) is 27.3. The normalized spacial score (nSPS) is 13.5. The van der Waals surface area contributed by atoms with Crippen LogP contribution in [0.2, 0.25) is 0 Å². The topological polar surface area (TPSA) is 90.6 Å². The number of carbonyl (C=O) groups excluding carboxylic acids is 1. The number of nitriles is 1. The third-order valence-electron chi connectivity index (χ3n) is 2.17. The number of nitrogens with zero attached hydrogens (tertiary/aromatic N) is 1. The van der Waals surface area contributed by atoms with Gasteiger partial charge in [0.25, 0.3) is 0 Å². The van der Waals surface area contributed by atoms with Crippen molar-refractivity contribution in [3.8, 4) is 6.07 Å². The van der Waals surface area contributed by atoms with E-state index in [1.165, 1.54) is 24.3 Å². The van der Waals surface area contributed by atoms with E-state index < -0.39 is 18.2 Å². The van der Waals surface area contributed by atoms with E-state index in [4.69, 9.17) is 10.00 Å². The molecule has 1 aromatic carbocycles. The van der Waals surface area contributed by atoms with E-state index in [1.807, 2.05) is 0 Å². The molecule has 0 saturated carbocycles. The first kappa shape index (κ1) is 13.2. The van der Waals surface area contributed by atoms with Gasteiger partial charge in [0, 0.05) is 0 Å².